The molecule has 18 heavy (non-hydrogen) atoms. The number of thioether (sulfide) groups is 1. The minimum Gasteiger partial charge on any atom is -0.489 e. The van der Waals surface area contributed by atoms with Crippen molar-refractivity contribution in [1.29, 1.82) is 0 Å². The lowest BCUT2D eigenvalue weighted by Crippen LogP contribution is -2.34. The van der Waals surface area contributed by atoms with E-state index in [0.29, 0.717) is 6.04 Å². The van der Waals surface area contributed by atoms with Crippen LogP contribution >= 0.6 is 11.8 Å². The van der Waals surface area contributed by atoms with Crippen molar-refractivity contribution in [1.82, 2.24) is 5.32 Å². The molecule has 0 radical (unpaired) electrons. The van der Waals surface area contributed by atoms with E-state index in [1.54, 1.807) is 11.8 Å². The third-order valence-corrected chi connectivity index (χ3v) is 3.62. The Morgan fingerprint density at radius 2 is 1.89 bits per heavy atom. The zero-order valence-electron chi connectivity index (χ0n) is 11.9. The maximum absolute atomic E-state index is 5.87. The van der Waals surface area contributed by atoms with Crippen LogP contribution in [0.3, 0.4) is 0 Å². The molecular formula is C15H25NOS. The summed E-state index contributed by atoms with van der Waals surface area (Å²) in [5, 5.41) is 3.50. The van der Waals surface area contributed by atoms with Crippen LogP contribution in [-0.4, -0.2) is 24.9 Å². The molecule has 0 amide bonds. The van der Waals surface area contributed by atoms with Crippen LogP contribution in [0.1, 0.15) is 33.6 Å². The van der Waals surface area contributed by atoms with Gasteiger partial charge in [-0.1, -0.05) is 13.3 Å². The molecule has 2 unspecified atom stereocenters. The topological polar surface area (TPSA) is 21.3 Å². The lowest BCUT2D eigenvalue weighted by Gasteiger charge is -2.19. The first-order valence-corrected chi connectivity index (χ1v) is 7.92. The van der Waals surface area contributed by atoms with E-state index in [0.717, 1.165) is 12.3 Å². The summed E-state index contributed by atoms with van der Waals surface area (Å²) in [6.07, 6.45) is 4.72. The number of hydrogen-bond donors (Lipinski definition) is 1. The second kappa shape index (κ2) is 8.44. The van der Waals surface area contributed by atoms with Crippen molar-refractivity contribution >= 4 is 11.8 Å². The maximum atomic E-state index is 5.87. The van der Waals surface area contributed by atoms with E-state index < -0.39 is 0 Å². The fourth-order valence-corrected chi connectivity index (χ4v) is 2.24. The molecule has 1 rings (SSSR count). The Hall–Kier alpha value is -0.670. The van der Waals surface area contributed by atoms with Crippen LogP contribution in [0.2, 0.25) is 0 Å². The van der Waals surface area contributed by atoms with Gasteiger partial charge < -0.3 is 10.1 Å². The maximum Gasteiger partial charge on any atom is 0.119 e. The molecule has 1 aromatic rings. The molecule has 0 aromatic heterocycles. The minimum absolute atomic E-state index is 0.199. The molecule has 0 aliphatic heterocycles. The van der Waals surface area contributed by atoms with Gasteiger partial charge in [-0.3, -0.25) is 0 Å². The van der Waals surface area contributed by atoms with Gasteiger partial charge in [0, 0.05) is 17.5 Å². The molecule has 0 bridgehead atoms. The lowest BCUT2D eigenvalue weighted by molar-refractivity contribution is 0.211. The first kappa shape index (κ1) is 15.4. The van der Waals surface area contributed by atoms with Gasteiger partial charge in [-0.25, -0.2) is 0 Å². The molecule has 2 nitrogen and oxygen atoms in total. The Kier molecular flexibility index (Phi) is 7.21. The van der Waals surface area contributed by atoms with Gasteiger partial charge in [0.1, 0.15) is 11.9 Å². The number of rotatable bonds is 8. The van der Waals surface area contributed by atoms with Crippen LogP contribution in [-0.2, 0) is 0 Å². The van der Waals surface area contributed by atoms with Gasteiger partial charge >= 0.3 is 0 Å². The molecule has 2 atom stereocenters. The molecule has 0 saturated carbocycles. The van der Waals surface area contributed by atoms with Crippen molar-refractivity contribution in [2.24, 2.45) is 0 Å². The summed E-state index contributed by atoms with van der Waals surface area (Å²) in [5.74, 6) is 0.949. The number of benzene rings is 1. The van der Waals surface area contributed by atoms with Crippen LogP contribution in [0, 0.1) is 0 Å². The van der Waals surface area contributed by atoms with E-state index in [2.05, 4.69) is 44.5 Å². The highest BCUT2D eigenvalue weighted by Gasteiger charge is 2.06. The summed E-state index contributed by atoms with van der Waals surface area (Å²) in [7, 11) is 0. The SMILES string of the molecule is CCCC(C)NCC(C)Oc1ccc(SC)cc1. The summed E-state index contributed by atoms with van der Waals surface area (Å²) in [5.41, 5.74) is 0. The van der Waals surface area contributed by atoms with Crippen molar-refractivity contribution in [2.75, 3.05) is 12.8 Å². The van der Waals surface area contributed by atoms with Crippen molar-refractivity contribution in [3.05, 3.63) is 24.3 Å². The third-order valence-electron chi connectivity index (χ3n) is 2.87. The van der Waals surface area contributed by atoms with Gasteiger partial charge in [-0.2, -0.15) is 0 Å². The third kappa shape index (κ3) is 5.78. The van der Waals surface area contributed by atoms with Crippen LogP contribution in [0.25, 0.3) is 0 Å². The molecule has 1 aromatic carbocycles. The molecular weight excluding hydrogens is 242 g/mol. The average Bonchev–Trinajstić information content (AvgIpc) is 2.38. The first-order valence-electron chi connectivity index (χ1n) is 6.69. The molecule has 0 saturated heterocycles. The standard InChI is InChI=1S/C15H25NOS/c1-5-6-12(2)16-11-13(3)17-14-7-9-15(18-4)10-8-14/h7-10,12-13,16H,5-6,11H2,1-4H3. The molecule has 102 valence electrons. The number of nitrogens with one attached hydrogen (secondary N) is 1. The second-order valence-corrected chi connectivity index (χ2v) is 5.58. The fourth-order valence-electron chi connectivity index (χ4n) is 1.83. The van der Waals surface area contributed by atoms with Gasteiger partial charge in [0.25, 0.3) is 0 Å². The molecule has 1 N–H and O–H groups in total. The molecule has 0 aliphatic carbocycles. The Morgan fingerprint density at radius 3 is 2.44 bits per heavy atom. The molecule has 0 heterocycles. The van der Waals surface area contributed by atoms with E-state index in [4.69, 9.17) is 4.74 Å². The summed E-state index contributed by atoms with van der Waals surface area (Å²) in [6.45, 7) is 7.44. The summed E-state index contributed by atoms with van der Waals surface area (Å²) in [4.78, 5) is 1.27. The summed E-state index contributed by atoms with van der Waals surface area (Å²) in [6, 6.07) is 8.84. The fraction of sp³-hybridized carbons (Fsp3) is 0.600. The van der Waals surface area contributed by atoms with Gasteiger partial charge in [-0.05, 0) is 50.8 Å². The summed E-state index contributed by atoms with van der Waals surface area (Å²) >= 11 is 1.75. The predicted molar refractivity (Wildman–Crippen MR) is 80.7 cm³/mol. The molecule has 3 heteroatoms. The Morgan fingerprint density at radius 1 is 1.22 bits per heavy atom. The van der Waals surface area contributed by atoms with Crippen LogP contribution < -0.4 is 10.1 Å². The quantitative estimate of drug-likeness (QED) is 0.721. The monoisotopic (exact) mass is 267 g/mol. The normalized spacial score (nSPS) is 14.2. The van der Waals surface area contributed by atoms with Crippen molar-refractivity contribution in [3.63, 3.8) is 0 Å². The largest absolute Gasteiger partial charge is 0.489 e. The minimum atomic E-state index is 0.199. The Bertz CT molecular complexity index is 326. The van der Waals surface area contributed by atoms with Crippen LogP contribution in [0.15, 0.2) is 29.2 Å². The van der Waals surface area contributed by atoms with E-state index in [-0.39, 0.29) is 6.10 Å². The Balaban J connectivity index is 2.32. The van der Waals surface area contributed by atoms with E-state index in [1.807, 2.05) is 12.1 Å². The molecule has 0 aliphatic rings. The molecule has 0 spiro atoms. The van der Waals surface area contributed by atoms with Gasteiger partial charge in [0.15, 0.2) is 0 Å². The number of hydrogen-bond acceptors (Lipinski definition) is 3. The zero-order valence-corrected chi connectivity index (χ0v) is 12.7. The zero-order chi connectivity index (χ0) is 13.4. The predicted octanol–water partition coefficient (Wildman–Crippen LogP) is 3.95. The highest BCUT2D eigenvalue weighted by molar-refractivity contribution is 7.98. The Labute approximate surface area is 116 Å². The average molecular weight is 267 g/mol. The highest BCUT2D eigenvalue weighted by Crippen LogP contribution is 2.19. The van der Waals surface area contributed by atoms with E-state index in [9.17, 15) is 0 Å². The van der Waals surface area contributed by atoms with E-state index >= 15 is 0 Å². The van der Waals surface area contributed by atoms with Crippen LogP contribution in [0.5, 0.6) is 5.75 Å². The van der Waals surface area contributed by atoms with Crippen molar-refractivity contribution in [2.45, 2.75) is 50.7 Å². The van der Waals surface area contributed by atoms with Gasteiger partial charge in [0.2, 0.25) is 0 Å². The van der Waals surface area contributed by atoms with Crippen molar-refractivity contribution < 1.29 is 4.74 Å². The van der Waals surface area contributed by atoms with Crippen molar-refractivity contribution in [3.8, 4) is 5.75 Å². The lowest BCUT2D eigenvalue weighted by atomic mass is 10.2. The van der Waals surface area contributed by atoms with Gasteiger partial charge in [0.05, 0.1) is 0 Å². The highest BCUT2D eigenvalue weighted by atomic mass is 32.2. The smallest absolute Gasteiger partial charge is 0.119 e. The van der Waals surface area contributed by atoms with Crippen LogP contribution in [0.4, 0.5) is 0 Å². The first-order chi connectivity index (χ1) is 8.65. The molecule has 0 fully saturated rings. The van der Waals surface area contributed by atoms with E-state index in [1.165, 1.54) is 17.7 Å². The second-order valence-electron chi connectivity index (χ2n) is 4.70. The summed E-state index contributed by atoms with van der Waals surface area (Å²) < 4.78 is 5.87. The number of ether oxygens (including phenoxy) is 1. The van der Waals surface area contributed by atoms with Gasteiger partial charge in [-0.15, -0.1) is 11.8 Å².